The van der Waals surface area contributed by atoms with E-state index < -0.39 is 0 Å². The number of hydrogen-bond donors (Lipinski definition) is 3. The van der Waals surface area contributed by atoms with Gasteiger partial charge < -0.3 is 15.6 Å². The molecule has 2 aromatic rings. The topological polar surface area (TPSA) is 73.1 Å². The number of pyridine rings is 1. The van der Waals surface area contributed by atoms with E-state index in [4.69, 9.17) is 0 Å². The van der Waals surface area contributed by atoms with Crippen LogP contribution >= 0.6 is 0 Å². The highest BCUT2D eigenvalue weighted by Gasteiger charge is 2.21. The summed E-state index contributed by atoms with van der Waals surface area (Å²) in [5.74, 6) is -0.113. The molecular formula is C22H31N5O. The van der Waals surface area contributed by atoms with Gasteiger partial charge in [-0.25, -0.2) is 4.98 Å². The number of carbonyl (C=O) groups is 1. The molecule has 0 spiro atoms. The number of carbonyl (C=O) groups excluding carboxylic acids is 1. The molecule has 3 N–H and O–H groups in total. The summed E-state index contributed by atoms with van der Waals surface area (Å²) in [5.41, 5.74) is 3.67. The highest BCUT2D eigenvalue weighted by Crippen LogP contribution is 2.28. The summed E-state index contributed by atoms with van der Waals surface area (Å²) in [6.45, 7) is 7.40. The van der Waals surface area contributed by atoms with Crippen molar-refractivity contribution in [3.63, 3.8) is 0 Å². The van der Waals surface area contributed by atoms with E-state index in [1.165, 1.54) is 5.57 Å². The molecule has 1 unspecified atom stereocenters. The number of nitrogens with zero attached hydrogens (tertiary/aromatic N) is 2. The molecule has 28 heavy (non-hydrogen) atoms. The van der Waals surface area contributed by atoms with Gasteiger partial charge in [-0.05, 0) is 45.7 Å². The van der Waals surface area contributed by atoms with E-state index in [1.54, 1.807) is 13.2 Å². The molecule has 1 saturated heterocycles. The summed E-state index contributed by atoms with van der Waals surface area (Å²) in [7, 11) is 1.65. The fourth-order valence-electron chi connectivity index (χ4n) is 3.80. The Morgan fingerprint density at radius 2 is 2.25 bits per heavy atom. The van der Waals surface area contributed by atoms with Crippen LogP contribution in [0.25, 0.3) is 11.0 Å². The highest BCUT2D eigenvalue weighted by atomic mass is 16.1. The van der Waals surface area contributed by atoms with Crippen LogP contribution in [0.2, 0.25) is 0 Å². The molecule has 3 heterocycles. The number of anilines is 1. The first kappa shape index (κ1) is 20.1. The van der Waals surface area contributed by atoms with Gasteiger partial charge in [0, 0.05) is 44.0 Å². The highest BCUT2D eigenvalue weighted by molar-refractivity contribution is 6.06. The molecule has 1 aliphatic rings. The SMILES string of the molecule is C/C=C\C=C(/C)CN1CCCC(Nc2c(C(=O)NC)cnc3[nH]ccc23)CC1. The second-order valence-electron chi connectivity index (χ2n) is 7.45. The Hall–Kier alpha value is -2.60. The maximum absolute atomic E-state index is 12.3. The lowest BCUT2D eigenvalue weighted by Crippen LogP contribution is -2.28. The number of aromatic nitrogens is 2. The van der Waals surface area contributed by atoms with Crippen LogP contribution in [0.1, 0.15) is 43.5 Å². The van der Waals surface area contributed by atoms with E-state index >= 15 is 0 Å². The van der Waals surface area contributed by atoms with Gasteiger partial charge in [0.05, 0.1) is 11.3 Å². The number of amides is 1. The third-order valence-electron chi connectivity index (χ3n) is 5.27. The summed E-state index contributed by atoms with van der Waals surface area (Å²) in [6.07, 6.45) is 13.2. The average Bonchev–Trinajstić information content (AvgIpc) is 3.08. The summed E-state index contributed by atoms with van der Waals surface area (Å²) >= 11 is 0. The standard InChI is InChI=1S/C22H31N5O/c1-4-5-7-16(2)15-27-12-6-8-17(10-13-27)26-20-18-9-11-24-21(18)25-14-19(20)22(28)23-3/h4-5,7,9,11,14,17H,6,8,10,12-13,15H2,1-3H3,(H,23,28)(H2,24,25,26)/b5-4-,16-7+. The number of allylic oxidation sites excluding steroid dienone is 3. The second kappa shape index (κ2) is 9.55. The van der Waals surface area contributed by atoms with Gasteiger partial charge in [-0.1, -0.05) is 23.8 Å². The number of hydrogen-bond acceptors (Lipinski definition) is 4. The molecule has 0 aliphatic carbocycles. The number of nitrogens with one attached hydrogen (secondary N) is 3. The van der Waals surface area contributed by atoms with Crippen LogP contribution < -0.4 is 10.6 Å². The minimum atomic E-state index is -0.113. The number of fused-ring (bicyclic) bond motifs is 1. The van der Waals surface area contributed by atoms with Gasteiger partial charge in [0.1, 0.15) is 5.65 Å². The van der Waals surface area contributed by atoms with Gasteiger partial charge in [0.2, 0.25) is 0 Å². The lowest BCUT2D eigenvalue weighted by atomic mass is 10.1. The summed E-state index contributed by atoms with van der Waals surface area (Å²) < 4.78 is 0. The molecule has 2 aromatic heterocycles. The summed E-state index contributed by atoms with van der Waals surface area (Å²) in [5, 5.41) is 7.36. The zero-order valence-corrected chi connectivity index (χ0v) is 17.1. The predicted octanol–water partition coefficient (Wildman–Crippen LogP) is 3.71. The number of likely N-dealkylation sites (tertiary alicyclic amines) is 1. The van der Waals surface area contributed by atoms with E-state index in [0.29, 0.717) is 11.6 Å². The van der Waals surface area contributed by atoms with Gasteiger partial charge in [-0.3, -0.25) is 9.69 Å². The molecule has 1 atom stereocenters. The minimum absolute atomic E-state index is 0.113. The molecule has 0 aromatic carbocycles. The van der Waals surface area contributed by atoms with Crippen LogP contribution in [0.3, 0.4) is 0 Å². The van der Waals surface area contributed by atoms with Crippen molar-refractivity contribution in [3.8, 4) is 0 Å². The zero-order valence-electron chi connectivity index (χ0n) is 17.1. The van der Waals surface area contributed by atoms with Crippen LogP contribution in [0, 0.1) is 0 Å². The van der Waals surface area contributed by atoms with E-state index in [9.17, 15) is 4.79 Å². The Labute approximate surface area is 167 Å². The van der Waals surface area contributed by atoms with E-state index in [0.717, 1.165) is 55.6 Å². The van der Waals surface area contributed by atoms with Crippen molar-refractivity contribution in [1.82, 2.24) is 20.2 Å². The molecule has 3 rings (SSSR count). The van der Waals surface area contributed by atoms with Crippen molar-refractivity contribution in [2.45, 2.75) is 39.2 Å². The van der Waals surface area contributed by atoms with Crippen molar-refractivity contribution in [3.05, 3.63) is 47.8 Å². The molecule has 1 amide bonds. The van der Waals surface area contributed by atoms with Crippen LogP contribution in [0.15, 0.2) is 42.3 Å². The first-order valence-corrected chi connectivity index (χ1v) is 10.1. The van der Waals surface area contributed by atoms with Gasteiger partial charge in [-0.2, -0.15) is 0 Å². The number of aromatic amines is 1. The molecule has 1 fully saturated rings. The second-order valence-corrected chi connectivity index (χ2v) is 7.45. The maximum Gasteiger partial charge on any atom is 0.254 e. The number of H-pyrrole nitrogens is 1. The largest absolute Gasteiger partial charge is 0.381 e. The van der Waals surface area contributed by atoms with Crippen molar-refractivity contribution in [1.29, 1.82) is 0 Å². The molecule has 150 valence electrons. The fraction of sp³-hybridized carbons (Fsp3) is 0.455. The quantitative estimate of drug-likeness (QED) is 0.667. The third kappa shape index (κ3) is 4.81. The van der Waals surface area contributed by atoms with Crippen molar-refractivity contribution in [2.24, 2.45) is 0 Å². The molecule has 0 bridgehead atoms. The first-order chi connectivity index (χ1) is 13.6. The Morgan fingerprint density at radius 1 is 1.39 bits per heavy atom. The Morgan fingerprint density at radius 3 is 3.04 bits per heavy atom. The Balaban J connectivity index is 1.72. The lowest BCUT2D eigenvalue weighted by molar-refractivity contribution is 0.0963. The average molecular weight is 382 g/mol. The van der Waals surface area contributed by atoms with Gasteiger partial charge in [0.15, 0.2) is 0 Å². The molecular weight excluding hydrogens is 350 g/mol. The first-order valence-electron chi connectivity index (χ1n) is 10.1. The molecule has 1 aliphatic heterocycles. The van der Waals surface area contributed by atoms with Crippen molar-refractivity contribution < 1.29 is 4.79 Å². The minimum Gasteiger partial charge on any atom is -0.381 e. The normalized spacial score (nSPS) is 19.1. The Bertz CT molecular complexity index is 867. The molecule has 6 nitrogen and oxygen atoms in total. The van der Waals surface area contributed by atoms with Gasteiger partial charge in [0.25, 0.3) is 5.91 Å². The van der Waals surface area contributed by atoms with E-state index in [-0.39, 0.29) is 5.91 Å². The van der Waals surface area contributed by atoms with Crippen molar-refractivity contribution in [2.75, 3.05) is 32.0 Å². The lowest BCUT2D eigenvalue weighted by Gasteiger charge is -2.22. The van der Waals surface area contributed by atoms with Crippen LogP contribution in [0.5, 0.6) is 0 Å². The van der Waals surface area contributed by atoms with Crippen molar-refractivity contribution >= 4 is 22.6 Å². The summed E-state index contributed by atoms with van der Waals surface area (Å²) in [6, 6.07) is 2.32. The van der Waals surface area contributed by atoms with Gasteiger partial charge >= 0.3 is 0 Å². The summed E-state index contributed by atoms with van der Waals surface area (Å²) in [4.78, 5) is 22.4. The van der Waals surface area contributed by atoms with Gasteiger partial charge in [-0.15, -0.1) is 0 Å². The Kier molecular flexibility index (Phi) is 6.87. The monoisotopic (exact) mass is 381 g/mol. The fourth-order valence-corrected chi connectivity index (χ4v) is 3.80. The van der Waals surface area contributed by atoms with E-state index in [1.807, 2.05) is 19.2 Å². The van der Waals surface area contributed by atoms with E-state index in [2.05, 4.69) is 50.7 Å². The maximum atomic E-state index is 12.3. The van der Waals surface area contributed by atoms with Crippen LogP contribution in [-0.2, 0) is 0 Å². The van der Waals surface area contributed by atoms with Crippen LogP contribution in [0.4, 0.5) is 5.69 Å². The van der Waals surface area contributed by atoms with Crippen LogP contribution in [-0.4, -0.2) is 53.5 Å². The molecule has 6 heteroatoms. The molecule has 0 saturated carbocycles. The predicted molar refractivity (Wildman–Crippen MR) is 116 cm³/mol. The third-order valence-corrected chi connectivity index (χ3v) is 5.27. The number of rotatable bonds is 6. The molecule has 0 radical (unpaired) electrons. The zero-order chi connectivity index (χ0) is 19.9. The smallest absolute Gasteiger partial charge is 0.254 e.